The van der Waals surface area contributed by atoms with Crippen LogP contribution < -0.4 is 10.6 Å². The van der Waals surface area contributed by atoms with Crippen molar-refractivity contribution in [3.63, 3.8) is 0 Å². The first kappa shape index (κ1) is 25.8. The Hall–Kier alpha value is -5.16. The van der Waals surface area contributed by atoms with Crippen LogP contribution in [-0.4, -0.2) is 54.2 Å². The van der Waals surface area contributed by atoms with Crippen molar-refractivity contribution in [2.24, 2.45) is 5.92 Å². The van der Waals surface area contributed by atoms with Gasteiger partial charge in [0.05, 0.1) is 29.3 Å². The zero-order valence-corrected chi connectivity index (χ0v) is 22.5. The molecule has 1 aromatic carbocycles. The van der Waals surface area contributed by atoms with E-state index < -0.39 is 5.82 Å². The van der Waals surface area contributed by atoms with Gasteiger partial charge >= 0.3 is 0 Å². The molecule has 42 heavy (non-hydrogen) atoms. The normalized spacial score (nSPS) is 14.0. The summed E-state index contributed by atoms with van der Waals surface area (Å²) in [5.41, 5.74) is 6.19. The molecule has 6 aromatic rings. The molecule has 1 aliphatic heterocycles. The summed E-state index contributed by atoms with van der Waals surface area (Å²) in [7, 11) is 0. The smallest absolute Gasteiger partial charge is 0.224 e. The number of aromatic amines is 2. The number of pyridine rings is 3. The van der Waals surface area contributed by atoms with Crippen molar-refractivity contribution < 1.29 is 14.3 Å². The number of fused-ring (bicyclic) bond motifs is 2. The summed E-state index contributed by atoms with van der Waals surface area (Å²) in [6.07, 6.45) is 11.0. The number of phenolic OH excluding ortho intramolecular Hbond substituents is 1. The summed E-state index contributed by atoms with van der Waals surface area (Å²) in [5.74, 6) is -0.303. The zero-order chi connectivity index (χ0) is 28.6. The molecule has 1 aliphatic rings. The molecule has 1 saturated heterocycles. The molecule has 0 unspecified atom stereocenters. The number of H-pyrrole nitrogens is 2. The predicted molar refractivity (Wildman–Crippen MR) is 158 cm³/mol. The van der Waals surface area contributed by atoms with E-state index in [9.17, 15) is 14.3 Å². The Bertz CT molecular complexity index is 1920. The van der Waals surface area contributed by atoms with E-state index in [1.54, 1.807) is 31.0 Å². The molecule has 0 spiro atoms. The van der Waals surface area contributed by atoms with Crippen molar-refractivity contribution in [1.29, 1.82) is 0 Å². The van der Waals surface area contributed by atoms with E-state index in [0.717, 1.165) is 65.1 Å². The number of carbonyl (C=O) groups excluding carboxylic acids is 1. The van der Waals surface area contributed by atoms with E-state index >= 15 is 0 Å². The molecule has 0 aliphatic carbocycles. The highest BCUT2D eigenvalue weighted by molar-refractivity contribution is 6.01. The van der Waals surface area contributed by atoms with Crippen LogP contribution in [0.25, 0.3) is 55.6 Å². The second-order valence-electron chi connectivity index (χ2n) is 10.6. The highest BCUT2D eigenvalue weighted by Crippen LogP contribution is 2.35. The largest absolute Gasteiger partial charge is 0.508 e. The number of piperidine rings is 1. The summed E-state index contributed by atoms with van der Waals surface area (Å²) < 4.78 is 14.0. The Labute approximate surface area is 239 Å². The lowest BCUT2D eigenvalue weighted by Crippen LogP contribution is -2.30. The third-order valence-corrected chi connectivity index (χ3v) is 7.70. The molecule has 10 nitrogen and oxygen atoms in total. The summed E-state index contributed by atoms with van der Waals surface area (Å²) >= 11 is 0. The predicted octanol–water partition coefficient (Wildman–Crippen LogP) is 5.40. The molecule has 0 bridgehead atoms. The summed E-state index contributed by atoms with van der Waals surface area (Å²) in [4.78, 5) is 29.3. The first-order valence-corrected chi connectivity index (χ1v) is 13.8. The number of aromatic hydroxyl groups is 1. The van der Waals surface area contributed by atoms with Crippen LogP contribution in [0, 0.1) is 11.7 Å². The van der Waals surface area contributed by atoms with Crippen LogP contribution in [0.4, 0.5) is 10.1 Å². The van der Waals surface area contributed by atoms with Crippen LogP contribution >= 0.6 is 0 Å². The van der Waals surface area contributed by atoms with Gasteiger partial charge in [-0.1, -0.05) is 0 Å². The Morgan fingerprint density at radius 2 is 1.76 bits per heavy atom. The minimum atomic E-state index is -0.533. The SMILES string of the molecule is O=C(CC1CCNCC1)Nc1cncc(-c2cnc3[nH]nc(-c4cc5c(-c6cc(O)cc(F)c6)cncc5[nH]4)c3c2)c1. The lowest BCUT2D eigenvalue weighted by molar-refractivity contribution is -0.117. The average Bonchev–Trinajstić information content (AvgIpc) is 3.61. The average molecular weight is 563 g/mol. The molecule has 11 heteroatoms. The van der Waals surface area contributed by atoms with E-state index in [1.807, 2.05) is 18.2 Å². The standard InChI is InChI=1S/C31H27FN8O2/c32-21-6-18(8-23(41)10-21)26-15-35-16-28-24(26)11-27(38-28)30-25-9-20(13-36-31(25)40-39-30)19-7-22(14-34-12-19)37-29(42)5-17-1-3-33-4-2-17/h6-17,33,38,41H,1-5H2,(H,37,42)(H,36,39,40). The number of hydrogen-bond acceptors (Lipinski definition) is 7. The number of aromatic nitrogens is 6. The van der Waals surface area contributed by atoms with E-state index in [-0.39, 0.29) is 11.7 Å². The number of nitrogens with one attached hydrogen (secondary N) is 4. The van der Waals surface area contributed by atoms with Gasteiger partial charge in [0.2, 0.25) is 5.91 Å². The van der Waals surface area contributed by atoms with E-state index in [2.05, 4.69) is 40.8 Å². The minimum Gasteiger partial charge on any atom is -0.508 e. The topological polar surface area (TPSA) is 144 Å². The van der Waals surface area contributed by atoms with Crippen LogP contribution in [0.1, 0.15) is 19.3 Å². The Kier molecular flexibility index (Phi) is 6.55. The fraction of sp³-hybridized carbons (Fsp3) is 0.194. The fourth-order valence-electron chi connectivity index (χ4n) is 5.63. The maximum Gasteiger partial charge on any atom is 0.224 e. The number of rotatable bonds is 6. The van der Waals surface area contributed by atoms with Crippen molar-refractivity contribution in [1.82, 2.24) is 35.5 Å². The molecule has 1 fully saturated rings. The van der Waals surface area contributed by atoms with Crippen molar-refractivity contribution in [2.75, 3.05) is 18.4 Å². The first-order chi connectivity index (χ1) is 20.5. The lowest BCUT2D eigenvalue weighted by atomic mass is 9.94. The van der Waals surface area contributed by atoms with Crippen LogP contribution in [0.2, 0.25) is 0 Å². The van der Waals surface area contributed by atoms with Crippen LogP contribution in [0.3, 0.4) is 0 Å². The zero-order valence-electron chi connectivity index (χ0n) is 22.5. The third kappa shape index (κ3) is 5.06. The number of nitrogens with zero attached hydrogens (tertiary/aromatic N) is 4. The fourth-order valence-corrected chi connectivity index (χ4v) is 5.63. The van der Waals surface area contributed by atoms with Crippen LogP contribution in [-0.2, 0) is 4.79 Å². The second kappa shape index (κ2) is 10.7. The number of phenols is 1. The van der Waals surface area contributed by atoms with Crippen LogP contribution in [0.15, 0.2) is 67.4 Å². The number of benzene rings is 1. The summed E-state index contributed by atoms with van der Waals surface area (Å²) in [5, 5.41) is 25.4. The van der Waals surface area contributed by atoms with Crippen molar-refractivity contribution in [2.45, 2.75) is 19.3 Å². The van der Waals surface area contributed by atoms with E-state index in [4.69, 9.17) is 0 Å². The second-order valence-corrected chi connectivity index (χ2v) is 10.6. The van der Waals surface area contributed by atoms with Gasteiger partial charge in [0, 0.05) is 58.5 Å². The van der Waals surface area contributed by atoms with Gasteiger partial charge in [-0.05, 0) is 67.7 Å². The van der Waals surface area contributed by atoms with Gasteiger partial charge in [-0.2, -0.15) is 5.10 Å². The molecule has 6 heterocycles. The van der Waals surface area contributed by atoms with Gasteiger partial charge in [0.15, 0.2) is 5.65 Å². The number of anilines is 1. The Morgan fingerprint density at radius 3 is 2.62 bits per heavy atom. The maximum atomic E-state index is 14.0. The quantitative estimate of drug-likeness (QED) is 0.183. The molecule has 0 radical (unpaired) electrons. The monoisotopic (exact) mass is 562 g/mol. The molecular formula is C31H27FN8O2. The number of carbonyl (C=O) groups is 1. The maximum absolute atomic E-state index is 14.0. The van der Waals surface area contributed by atoms with Crippen molar-refractivity contribution in [3.05, 3.63) is 73.2 Å². The van der Waals surface area contributed by atoms with Crippen molar-refractivity contribution >= 4 is 33.5 Å². The van der Waals surface area contributed by atoms with Gasteiger partial charge in [-0.15, -0.1) is 0 Å². The molecule has 1 amide bonds. The van der Waals surface area contributed by atoms with E-state index in [1.165, 1.54) is 12.1 Å². The highest BCUT2D eigenvalue weighted by Gasteiger charge is 2.18. The molecule has 7 rings (SSSR count). The van der Waals surface area contributed by atoms with E-state index in [0.29, 0.717) is 40.5 Å². The summed E-state index contributed by atoms with van der Waals surface area (Å²) in [6, 6.07) is 9.73. The Balaban J connectivity index is 1.20. The highest BCUT2D eigenvalue weighted by atomic mass is 19.1. The first-order valence-electron chi connectivity index (χ1n) is 13.8. The lowest BCUT2D eigenvalue weighted by Gasteiger charge is -2.21. The van der Waals surface area contributed by atoms with Crippen molar-refractivity contribution in [3.8, 4) is 39.4 Å². The molecule has 210 valence electrons. The summed E-state index contributed by atoms with van der Waals surface area (Å²) in [6.45, 7) is 1.91. The minimum absolute atomic E-state index is 0.00679. The third-order valence-electron chi connectivity index (χ3n) is 7.70. The van der Waals surface area contributed by atoms with Crippen LogP contribution in [0.5, 0.6) is 5.75 Å². The number of halogens is 1. The molecule has 0 atom stereocenters. The van der Waals surface area contributed by atoms with Gasteiger partial charge in [0.1, 0.15) is 17.3 Å². The molecule has 5 aromatic heterocycles. The molecular weight excluding hydrogens is 535 g/mol. The van der Waals surface area contributed by atoms with Gasteiger partial charge in [0.25, 0.3) is 0 Å². The molecule has 0 saturated carbocycles. The molecule has 5 N–H and O–H groups in total. The van der Waals surface area contributed by atoms with Gasteiger partial charge in [-0.3, -0.25) is 19.9 Å². The van der Waals surface area contributed by atoms with Gasteiger partial charge < -0.3 is 20.7 Å². The van der Waals surface area contributed by atoms with Gasteiger partial charge in [-0.25, -0.2) is 9.37 Å². The number of hydrogen-bond donors (Lipinski definition) is 5. The number of amides is 1. The Morgan fingerprint density at radius 1 is 0.929 bits per heavy atom.